The molecular formula is C13H18O4S. The van der Waals surface area contributed by atoms with Gasteiger partial charge in [0.15, 0.2) is 0 Å². The van der Waals surface area contributed by atoms with E-state index in [0.29, 0.717) is 5.75 Å². The Labute approximate surface area is 111 Å². The van der Waals surface area contributed by atoms with Crippen LogP contribution in [0.4, 0.5) is 0 Å². The lowest BCUT2D eigenvalue weighted by atomic mass is 10.0. The summed E-state index contributed by atoms with van der Waals surface area (Å²) in [5.41, 5.74) is 1.36. The standard InChI is InChI=1S/C13H18O4S/c1-9(7-18-8-12(15)6-14)10-2-4-11(5-3-10)13(16)17/h2-5,9,12,14-15H,6-8H2,1H3,(H,16,17). The van der Waals surface area contributed by atoms with Crippen molar-refractivity contribution >= 4 is 17.7 Å². The SMILES string of the molecule is CC(CSCC(O)CO)c1ccc(C(=O)O)cc1. The highest BCUT2D eigenvalue weighted by Gasteiger charge is 2.09. The fourth-order valence-electron chi connectivity index (χ4n) is 1.48. The smallest absolute Gasteiger partial charge is 0.335 e. The molecule has 0 saturated carbocycles. The monoisotopic (exact) mass is 270 g/mol. The lowest BCUT2D eigenvalue weighted by Crippen LogP contribution is -2.15. The van der Waals surface area contributed by atoms with Crippen LogP contribution in [0.3, 0.4) is 0 Å². The number of thioether (sulfide) groups is 1. The number of benzene rings is 1. The van der Waals surface area contributed by atoms with Gasteiger partial charge in [0.25, 0.3) is 0 Å². The number of hydrogen-bond acceptors (Lipinski definition) is 4. The van der Waals surface area contributed by atoms with Crippen LogP contribution >= 0.6 is 11.8 Å². The molecule has 0 aliphatic carbocycles. The number of aliphatic hydroxyl groups excluding tert-OH is 2. The zero-order chi connectivity index (χ0) is 13.5. The second-order valence-electron chi connectivity index (χ2n) is 4.20. The van der Waals surface area contributed by atoms with E-state index < -0.39 is 12.1 Å². The lowest BCUT2D eigenvalue weighted by Gasteiger charge is -2.13. The average Bonchev–Trinajstić information content (AvgIpc) is 2.38. The molecule has 0 aromatic heterocycles. The Hall–Kier alpha value is -1.04. The van der Waals surface area contributed by atoms with Crippen molar-refractivity contribution in [3.8, 4) is 0 Å². The third kappa shape index (κ3) is 4.68. The van der Waals surface area contributed by atoms with E-state index >= 15 is 0 Å². The molecule has 1 rings (SSSR count). The van der Waals surface area contributed by atoms with Crippen LogP contribution in [0.5, 0.6) is 0 Å². The van der Waals surface area contributed by atoms with E-state index in [1.165, 1.54) is 0 Å². The molecule has 0 fully saturated rings. The third-order valence-electron chi connectivity index (χ3n) is 2.62. The van der Waals surface area contributed by atoms with E-state index in [0.717, 1.165) is 11.3 Å². The van der Waals surface area contributed by atoms with Crippen molar-refractivity contribution < 1.29 is 20.1 Å². The van der Waals surface area contributed by atoms with E-state index in [4.69, 9.17) is 10.2 Å². The minimum atomic E-state index is -0.922. The fourth-order valence-corrected chi connectivity index (χ4v) is 2.54. The molecule has 1 aromatic carbocycles. The van der Waals surface area contributed by atoms with E-state index in [-0.39, 0.29) is 18.1 Å². The normalized spacial score (nSPS) is 14.2. The number of carbonyl (C=O) groups is 1. The Morgan fingerprint density at radius 3 is 2.39 bits per heavy atom. The van der Waals surface area contributed by atoms with Crippen molar-refractivity contribution in [2.24, 2.45) is 0 Å². The third-order valence-corrected chi connectivity index (χ3v) is 3.97. The molecule has 18 heavy (non-hydrogen) atoms. The topological polar surface area (TPSA) is 77.8 Å². The minimum Gasteiger partial charge on any atom is -0.478 e. The van der Waals surface area contributed by atoms with Crippen molar-refractivity contribution in [1.82, 2.24) is 0 Å². The van der Waals surface area contributed by atoms with Crippen molar-refractivity contribution in [2.45, 2.75) is 18.9 Å². The molecule has 3 N–H and O–H groups in total. The highest BCUT2D eigenvalue weighted by molar-refractivity contribution is 7.99. The summed E-state index contributed by atoms with van der Waals surface area (Å²) in [6.07, 6.45) is -0.670. The van der Waals surface area contributed by atoms with Gasteiger partial charge in [-0.25, -0.2) is 4.79 Å². The first-order valence-corrected chi connectivity index (χ1v) is 6.90. The first-order chi connectivity index (χ1) is 8.54. The molecule has 5 heteroatoms. The molecular weight excluding hydrogens is 252 g/mol. The molecule has 0 bridgehead atoms. The van der Waals surface area contributed by atoms with Crippen molar-refractivity contribution in [3.63, 3.8) is 0 Å². The van der Waals surface area contributed by atoms with E-state index in [9.17, 15) is 9.90 Å². The van der Waals surface area contributed by atoms with Gasteiger partial charge in [0.05, 0.1) is 18.3 Å². The predicted octanol–water partition coefficient (Wildman–Crippen LogP) is 1.57. The lowest BCUT2D eigenvalue weighted by molar-refractivity contribution is 0.0697. The summed E-state index contributed by atoms with van der Waals surface area (Å²) in [5.74, 6) is 0.690. The van der Waals surface area contributed by atoms with Gasteiger partial charge in [-0.3, -0.25) is 0 Å². The minimum absolute atomic E-state index is 0.214. The van der Waals surface area contributed by atoms with Gasteiger partial charge in [0.2, 0.25) is 0 Å². The molecule has 2 atom stereocenters. The fraction of sp³-hybridized carbons (Fsp3) is 0.462. The molecule has 2 unspecified atom stereocenters. The molecule has 1 aromatic rings. The Balaban J connectivity index is 2.46. The Kier molecular flexibility index (Phi) is 6.18. The second-order valence-corrected chi connectivity index (χ2v) is 5.28. The van der Waals surface area contributed by atoms with Crippen LogP contribution in [0.15, 0.2) is 24.3 Å². The van der Waals surface area contributed by atoms with Gasteiger partial charge in [0.1, 0.15) is 0 Å². The Morgan fingerprint density at radius 1 is 1.28 bits per heavy atom. The maximum absolute atomic E-state index is 10.7. The van der Waals surface area contributed by atoms with Crippen molar-refractivity contribution in [1.29, 1.82) is 0 Å². The second kappa shape index (κ2) is 7.41. The molecule has 4 nitrogen and oxygen atoms in total. The molecule has 0 aliphatic heterocycles. The average molecular weight is 270 g/mol. The van der Waals surface area contributed by atoms with Crippen LogP contribution < -0.4 is 0 Å². The summed E-state index contributed by atoms with van der Waals surface area (Å²) in [6.45, 7) is 1.84. The molecule has 0 radical (unpaired) electrons. The molecule has 0 heterocycles. The van der Waals surface area contributed by atoms with Crippen LogP contribution in [0.1, 0.15) is 28.8 Å². The van der Waals surface area contributed by atoms with E-state index in [2.05, 4.69) is 0 Å². The number of aliphatic hydroxyl groups is 2. The number of carboxylic acid groups (broad SMARTS) is 1. The number of aromatic carboxylic acids is 1. The largest absolute Gasteiger partial charge is 0.478 e. The van der Waals surface area contributed by atoms with Gasteiger partial charge in [-0.1, -0.05) is 19.1 Å². The maximum Gasteiger partial charge on any atom is 0.335 e. The van der Waals surface area contributed by atoms with Crippen molar-refractivity contribution in [2.75, 3.05) is 18.1 Å². The van der Waals surface area contributed by atoms with Crippen LogP contribution in [0.25, 0.3) is 0 Å². The highest BCUT2D eigenvalue weighted by Crippen LogP contribution is 2.21. The first-order valence-electron chi connectivity index (χ1n) is 5.74. The highest BCUT2D eigenvalue weighted by atomic mass is 32.2. The molecule has 0 amide bonds. The van der Waals surface area contributed by atoms with Gasteiger partial charge in [-0.15, -0.1) is 0 Å². The molecule has 0 saturated heterocycles. The first kappa shape index (κ1) is 15.0. The number of hydrogen-bond donors (Lipinski definition) is 3. The number of rotatable bonds is 7. The van der Waals surface area contributed by atoms with Crippen LogP contribution in [0, 0.1) is 0 Å². The Bertz CT molecular complexity index is 377. The summed E-state index contributed by atoms with van der Waals surface area (Å²) in [5, 5.41) is 26.7. The van der Waals surface area contributed by atoms with Crippen LogP contribution in [-0.4, -0.2) is 45.5 Å². The van der Waals surface area contributed by atoms with Crippen molar-refractivity contribution in [3.05, 3.63) is 35.4 Å². The summed E-state index contributed by atoms with van der Waals surface area (Å²) in [7, 11) is 0. The quantitative estimate of drug-likeness (QED) is 0.701. The maximum atomic E-state index is 10.7. The molecule has 0 spiro atoms. The Morgan fingerprint density at radius 2 is 1.89 bits per heavy atom. The van der Waals surface area contributed by atoms with E-state index in [1.54, 1.807) is 23.9 Å². The summed E-state index contributed by atoms with van der Waals surface area (Å²) in [6, 6.07) is 6.83. The van der Waals surface area contributed by atoms with Gasteiger partial charge < -0.3 is 15.3 Å². The van der Waals surface area contributed by atoms with Gasteiger partial charge in [0, 0.05) is 5.75 Å². The van der Waals surface area contributed by atoms with Gasteiger partial charge >= 0.3 is 5.97 Å². The molecule has 100 valence electrons. The molecule has 0 aliphatic rings. The zero-order valence-corrected chi connectivity index (χ0v) is 11.1. The van der Waals surface area contributed by atoms with Crippen LogP contribution in [0.2, 0.25) is 0 Å². The summed E-state index contributed by atoms with van der Waals surface area (Å²) in [4.78, 5) is 10.7. The van der Waals surface area contributed by atoms with E-state index in [1.807, 2.05) is 19.1 Å². The summed E-state index contributed by atoms with van der Waals surface area (Å²) < 4.78 is 0. The number of carboxylic acids is 1. The van der Waals surface area contributed by atoms with Gasteiger partial charge in [-0.2, -0.15) is 11.8 Å². The van der Waals surface area contributed by atoms with Crippen LogP contribution in [-0.2, 0) is 0 Å². The zero-order valence-electron chi connectivity index (χ0n) is 10.2. The predicted molar refractivity (Wildman–Crippen MR) is 72.2 cm³/mol. The van der Waals surface area contributed by atoms with Gasteiger partial charge in [-0.05, 0) is 29.4 Å². The summed E-state index contributed by atoms with van der Waals surface area (Å²) >= 11 is 1.57.